The second-order valence-corrected chi connectivity index (χ2v) is 9.55. The first-order valence-electron chi connectivity index (χ1n) is 12.2. The number of hydrogen-bond donors (Lipinski definition) is 3. The van der Waals surface area contributed by atoms with E-state index in [4.69, 9.17) is 11.6 Å². The molecule has 0 aliphatic rings. The number of alkyl halides is 6. The highest BCUT2D eigenvalue weighted by Crippen LogP contribution is 2.42. The summed E-state index contributed by atoms with van der Waals surface area (Å²) in [5.41, 5.74) is -0.490. The van der Waals surface area contributed by atoms with Gasteiger partial charge in [0.25, 0.3) is 11.7 Å². The summed E-state index contributed by atoms with van der Waals surface area (Å²) in [6, 6.07) is 5.28. The smallest absolute Gasteiger partial charge is 0.455 e. The van der Waals surface area contributed by atoms with Gasteiger partial charge in [0.05, 0.1) is 40.2 Å². The lowest BCUT2D eigenvalue weighted by Crippen LogP contribution is -2.43. The molecule has 1 aromatic carbocycles. The lowest BCUT2D eigenvalue weighted by Gasteiger charge is -2.17. The molecule has 0 bridgehead atoms. The van der Waals surface area contributed by atoms with Crippen LogP contribution in [0.4, 0.5) is 31.1 Å². The average molecular weight is 659 g/mol. The Balaban J connectivity index is 1.69. The Morgan fingerprint density at radius 3 is 2.49 bits per heavy atom. The van der Waals surface area contributed by atoms with E-state index >= 15 is 0 Å². The summed E-state index contributed by atoms with van der Waals surface area (Å²) in [4.78, 5) is 32.3. The zero-order valence-corrected chi connectivity index (χ0v) is 23.3. The zero-order chi connectivity index (χ0) is 32.8. The summed E-state index contributed by atoms with van der Waals surface area (Å²) in [6.07, 6.45) is -9.53. The first-order chi connectivity index (χ1) is 21.1. The third-order valence-corrected chi connectivity index (χ3v) is 6.43. The van der Waals surface area contributed by atoms with Crippen LogP contribution in [0.1, 0.15) is 27.4 Å². The number of hydrazine groups is 1. The SMILES string of the molecule is COC(=O)N(C)NC(=O)c1cc(C(F)(F)F)cc2c(O)c(-c3cc(Cn4nnc(C(F)(F)F)n4)nn3-c3ncccc3Cl)[nH]c12. The highest BCUT2D eigenvalue weighted by molar-refractivity contribution is 6.32. The van der Waals surface area contributed by atoms with E-state index in [1.54, 1.807) is 0 Å². The molecule has 5 rings (SSSR count). The zero-order valence-electron chi connectivity index (χ0n) is 22.6. The number of aromatic amines is 1. The molecule has 45 heavy (non-hydrogen) atoms. The minimum absolute atomic E-state index is 0.00968. The van der Waals surface area contributed by atoms with Crippen molar-refractivity contribution >= 4 is 34.5 Å². The van der Waals surface area contributed by atoms with Crippen LogP contribution < -0.4 is 5.43 Å². The molecular weight excluding hydrogens is 642 g/mol. The van der Waals surface area contributed by atoms with Crippen LogP contribution in [0.5, 0.6) is 5.75 Å². The Hall–Kier alpha value is -5.40. The maximum absolute atomic E-state index is 13.8. The lowest BCUT2D eigenvalue weighted by atomic mass is 10.0. The van der Waals surface area contributed by atoms with Crippen molar-refractivity contribution in [1.82, 2.24) is 50.4 Å². The Bertz CT molecular complexity index is 1930. The number of nitrogens with one attached hydrogen (secondary N) is 2. The maximum atomic E-state index is 13.8. The minimum atomic E-state index is -4.96. The van der Waals surface area contributed by atoms with E-state index in [-0.39, 0.29) is 33.4 Å². The van der Waals surface area contributed by atoms with Crippen LogP contribution in [0.3, 0.4) is 0 Å². The molecule has 0 fully saturated rings. The molecular formula is C24H17ClF6N10O4. The van der Waals surface area contributed by atoms with E-state index in [9.17, 15) is 41.0 Å². The van der Waals surface area contributed by atoms with Crippen LogP contribution in [-0.2, 0) is 23.6 Å². The summed E-state index contributed by atoms with van der Waals surface area (Å²) >= 11 is 6.30. The molecule has 0 radical (unpaired) electrons. The van der Waals surface area contributed by atoms with Gasteiger partial charge >= 0.3 is 18.4 Å². The Kier molecular flexibility index (Phi) is 7.77. The number of pyridine rings is 1. The van der Waals surface area contributed by atoms with Crippen molar-refractivity contribution in [3.63, 3.8) is 0 Å². The van der Waals surface area contributed by atoms with E-state index in [1.165, 1.54) is 24.4 Å². The fourth-order valence-corrected chi connectivity index (χ4v) is 4.36. The van der Waals surface area contributed by atoms with Gasteiger partial charge in [0, 0.05) is 18.6 Å². The Labute approximate surface area is 251 Å². The van der Waals surface area contributed by atoms with Gasteiger partial charge in [0.1, 0.15) is 12.2 Å². The number of aromatic nitrogens is 8. The molecule has 4 aromatic heterocycles. The van der Waals surface area contributed by atoms with Crippen molar-refractivity contribution in [1.29, 1.82) is 0 Å². The first-order valence-corrected chi connectivity index (χ1v) is 12.6. The predicted octanol–water partition coefficient (Wildman–Crippen LogP) is 4.19. The molecule has 236 valence electrons. The van der Waals surface area contributed by atoms with Crippen LogP contribution >= 0.6 is 11.6 Å². The van der Waals surface area contributed by atoms with Gasteiger partial charge in [-0.05, 0) is 35.5 Å². The number of benzene rings is 1. The molecule has 0 aliphatic carbocycles. The number of rotatable bonds is 5. The van der Waals surface area contributed by atoms with Crippen molar-refractivity contribution in [3.05, 3.63) is 64.2 Å². The van der Waals surface area contributed by atoms with Crippen LogP contribution in [0.15, 0.2) is 36.5 Å². The normalized spacial score (nSPS) is 12.0. The number of fused-ring (bicyclic) bond motifs is 1. The highest BCUT2D eigenvalue weighted by atomic mass is 35.5. The summed E-state index contributed by atoms with van der Waals surface area (Å²) < 4.78 is 86.0. The van der Waals surface area contributed by atoms with Gasteiger partial charge in [-0.2, -0.15) is 36.2 Å². The number of tetrazole rings is 1. The van der Waals surface area contributed by atoms with Crippen molar-refractivity contribution in [2.75, 3.05) is 14.2 Å². The number of aromatic hydroxyl groups is 1. The molecule has 0 unspecified atom stereocenters. The molecule has 2 amide bonds. The number of nitrogens with zero attached hydrogens (tertiary/aromatic N) is 8. The molecule has 0 spiro atoms. The molecule has 21 heteroatoms. The summed E-state index contributed by atoms with van der Waals surface area (Å²) in [5.74, 6) is -3.47. The highest BCUT2D eigenvalue weighted by Gasteiger charge is 2.37. The van der Waals surface area contributed by atoms with Gasteiger partial charge < -0.3 is 14.8 Å². The van der Waals surface area contributed by atoms with Crippen LogP contribution in [0, 0.1) is 0 Å². The lowest BCUT2D eigenvalue weighted by molar-refractivity contribution is -0.145. The van der Waals surface area contributed by atoms with Crippen LogP contribution in [0.25, 0.3) is 28.1 Å². The fourth-order valence-electron chi connectivity index (χ4n) is 4.15. The number of hydrogen-bond acceptors (Lipinski definition) is 9. The molecule has 3 N–H and O–H groups in total. The Morgan fingerprint density at radius 2 is 1.87 bits per heavy atom. The number of methoxy groups -OCH3 is 1. The first kappa shape index (κ1) is 31.0. The monoisotopic (exact) mass is 658 g/mol. The summed E-state index contributed by atoms with van der Waals surface area (Å²) in [5, 5.41) is 25.3. The number of carbonyl (C=O) groups excluding carboxylic acids is 2. The molecule has 4 heterocycles. The second kappa shape index (κ2) is 11.3. The second-order valence-electron chi connectivity index (χ2n) is 9.15. The quantitative estimate of drug-likeness (QED) is 0.185. The van der Waals surface area contributed by atoms with Crippen molar-refractivity contribution in [3.8, 4) is 23.0 Å². The molecule has 14 nitrogen and oxygen atoms in total. The van der Waals surface area contributed by atoms with Crippen LogP contribution in [0.2, 0.25) is 5.02 Å². The van der Waals surface area contributed by atoms with E-state index in [0.717, 1.165) is 18.8 Å². The fraction of sp³-hybridized carbons (Fsp3) is 0.208. The van der Waals surface area contributed by atoms with Crippen molar-refractivity contribution < 1.29 is 45.8 Å². The largest absolute Gasteiger partial charge is 0.505 e. The van der Waals surface area contributed by atoms with E-state index in [1.807, 2.05) is 0 Å². The standard InChI is InChI=1S/C24H17ClF6N10O4/c1-39(22(44)45-2)36-20(43)13-7-10(23(26,27)28)6-12-16(13)33-17(18(12)42)15-8-11(9-40-37-21(34-38-40)24(29,30)31)35-41(15)19-14(25)4-3-5-32-19/h3-8,33,42H,9H2,1-2H3,(H,36,43). The Morgan fingerprint density at radius 1 is 1.13 bits per heavy atom. The maximum Gasteiger partial charge on any atom is 0.455 e. The molecule has 0 atom stereocenters. The third-order valence-electron chi connectivity index (χ3n) is 6.14. The van der Waals surface area contributed by atoms with Gasteiger partial charge in [-0.1, -0.05) is 11.6 Å². The number of amides is 2. The number of ether oxygens (including phenoxy) is 1. The summed E-state index contributed by atoms with van der Waals surface area (Å²) in [7, 11) is 2.10. The van der Waals surface area contributed by atoms with E-state index in [0.29, 0.717) is 21.9 Å². The number of halogens is 7. The molecule has 5 aromatic rings. The van der Waals surface area contributed by atoms with E-state index in [2.05, 4.69) is 40.6 Å². The predicted molar refractivity (Wildman–Crippen MR) is 140 cm³/mol. The van der Waals surface area contributed by atoms with Crippen molar-refractivity contribution in [2.45, 2.75) is 18.9 Å². The molecule has 0 aliphatic heterocycles. The van der Waals surface area contributed by atoms with Gasteiger partial charge in [0.15, 0.2) is 11.6 Å². The van der Waals surface area contributed by atoms with Gasteiger partial charge in [-0.3, -0.25) is 10.2 Å². The average Bonchev–Trinajstić information content (AvgIpc) is 3.69. The number of carbonyl (C=O) groups is 2. The van der Waals surface area contributed by atoms with Gasteiger partial charge in [0.2, 0.25) is 0 Å². The van der Waals surface area contributed by atoms with Crippen LogP contribution in [-0.4, -0.2) is 76.2 Å². The van der Waals surface area contributed by atoms with Gasteiger partial charge in [-0.25, -0.2) is 19.5 Å². The van der Waals surface area contributed by atoms with Crippen molar-refractivity contribution in [2.24, 2.45) is 0 Å². The number of H-pyrrole nitrogens is 1. The minimum Gasteiger partial charge on any atom is -0.505 e. The molecule has 0 saturated carbocycles. The van der Waals surface area contributed by atoms with E-state index < -0.39 is 59.0 Å². The third kappa shape index (κ3) is 6.03. The van der Waals surface area contributed by atoms with Gasteiger partial charge in [-0.15, -0.1) is 10.2 Å². The summed E-state index contributed by atoms with van der Waals surface area (Å²) in [6.45, 7) is -0.472. The molecule has 0 saturated heterocycles. The topological polar surface area (TPSA) is 169 Å².